The Morgan fingerprint density at radius 3 is 1.74 bits per heavy atom. The molecule has 0 saturated carbocycles. The number of hydrogen-bond acceptors (Lipinski definition) is 2. The molecule has 0 aromatic heterocycles. The maximum absolute atomic E-state index is 10.5. The second-order valence-electron chi connectivity index (χ2n) is 5.84. The fourth-order valence-electron chi connectivity index (χ4n) is 2.26. The van der Waals surface area contributed by atoms with Gasteiger partial charge in [0.25, 0.3) is 10.1 Å². The largest absolute Gasteiger partial charge is 0.286 e. The quantitative estimate of drug-likeness (QED) is 0.230. The molecule has 4 heteroatoms. The van der Waals surface area contributed by atoms with Crippen LogP contribution in [-0.2, 0) is 10.1 Å². The molecule has 0 rings (SSSR count). The van der Waals surface area contributed by atoms with E-state index < -0.39 is 10.1 Å². The summed E-state index contributed by atoms with van der Waals surface area (Å²) in [4.78, 5) is 0. The van der Waals surface area contributed by atoms with Crippen LogP contribution in [0.15, 0.2) is 36.5 Å². The summed E-state index contributed by atoms with van der Waals surface area (Å²) in [6.45, 7) is 2.15. The number of unbranched alkanes of at least 4 members (excludes halogenated alkanes) is 7. The van der Waals surface area contributed by atoms with Crippen LogP contribution >= 0.6 is 0 Å². The SMILES string of the molecule is CC/C=C\C/C=C\C/C=C\CCCCCCCCCS(=O)(=O)O. The normalized spacial score (nSPS) is 13.0. The average Bonchev–Trinajstić information content (AvgIpc) is 2.49. The molecule has 0 fully saturated rings. The highest BCUT2D eigenvalue weighted by atomic mass is 32.2. The van der Waals surface area contributed by atoms with Gasteiger partial charge in [-0.3, -0.25) is 4.55 Å². The molecule has 0 aliphatic carbocycles. The van der Waals surface area contributed by atoms with E-state index in [1.54, 1.807) is 0 Å². The maximum atomic E-state index is 10.5. The van der Waals surface area contributed by atoms with E-state index >= 15 is 0 Å². The molecule has 0 saturated heterocycles. The van der Waals surface area contributed by atoms with Crippen molar-refractivity contribution in [2.24, 2.45) is 0 Å². The van der Waals surface area contributed by atoms with Crippen molar-refractivity contribution < 1.29 is 13.0 Å². The van der Waals surface area contributed by atoms with Crippen LogP contribution in [0.1, 0.15) is 77.6 Å². The van der Waals surface area contributed by atoms with Gasteiger partial charge >= 0.3 is 0 Å². The first-order valence-electron chi connectivity index (χ1n) is 8.96. The van der Waals surface area contributed by atoms with Crippen molar-refractivity contribution in [3.63, 3.8) is 0 Å². The molecule has 134 valence electrons. The van der Waals surface area contributed by atoms with E-state index in [-0.39, 0.29) is 5.75 Å². The molecule has 0 radical (unpaired) electrons. The lowest BCUT2D eigenvalue weighted by Gasteiger charge is -2.00. The van der Waals surface area contributed by atoms with Gasteiger partial charge < -0.3 is 0 Å². The molecule has 3 nitrogen and oxygen atoms in total. The van der Waals surface area contributed by atoms with Crippen LogP contribution in [0.2, 0.25) is 0 Å². The van der Waals surface area contributed by atoms with E-state index in [1.165, 1.54) is 19.3 Å². The fourth-order valence-corrected chi connectivity index (χ4v) is 2.83. The van der Waals surface area contributed by atoms with Gasteiger partial charge in [0.05, 0.1) is 5.75 Å². The predicted molar refractivity (Wildman–Crippen MR) is 100 cm³/mol. The van der Waals surface area contributed by atoms with Crippen LogP contribution in [0.5, 0.6) is 0 Å². The van der Waals surface area contributed by atoms with Crippen molar-refractivity contribution in [3.05, 3.63) is 36.5 Å². The maximum Gasteiger partial charge on any atom is 0.264 e. The van der Waals surface area contributed by atoms with E-state index in [1.807, 2.05) is 0 Å². The molecule has 0 amide bonds. The van der Waals surface area contributed by atoms with E-state index in [2.05, 4.69) is 43.4 Å². The molecule has 23 heavy (non-hydrogen) atoms. The van der Waals surface area contributed by atoms with Gasteiger partial charge in [-0.25, -0.2) is 0 Å². The third-order valence-electron chi connectivity index (χ3n) is 3.55. The van der Waals surface area contributed by atoms with E-state index in [0.29, 0.717) is 6.42 Å². The highest BCUT2D eigenvalue weighted by Gasteiger charge is 2.02. The Hall–Kier alpha value is -0.870. The number of hydrogen-bond donors (Lipinski definition) is 1. The first-order valence-corrected chi connectivity index (χ1v) is 10.6. The first kappa shape index (κ1) is 22.1. The molecule has 0 bridgehead atoms. The summed E-state index contributed by atoms with van der Waals surface area (Å²) in [7, 11) is -3.76. The van der Waals surface area contributed by atoms with Gasteiger partial charge in [-0.05, 0) is 38.5 Å². The Bertz CT molecular complexity index is 434. The zero-order valence-electron chi connectivity index (χ0n) is 14.6. The minimum atomic E-state index is -3.76. The molecule has 0 atom stereocenters. The molecule has 0 spiro atoms. The predicted octanol–water partition coefficient (Wildman–Crippen LogP) is 5.85. The smallest absolute Gasteiger partial charge is 0.264 e. The van der Waals surface area contributed by atoms with Crippen LogP contribution in [-0.4, -0.2) is 18.7 Å². The molecular formula is C19H34O3S. The zero-order chi connectivity index (χ0) is 17.2. The average molecular weight is 343 g/mol. The third-order valence-corrected chi connectivity index (χ3v) is 4.36. The van der Waals surface area contributed by atoms with Crippen LogP contribution in [0.4, 0.5) is 0 Å². The summed E-state index contributed by atoms with van der Waals surface area (Å²) >= 11 is 0. The van der Waals surface area contributed by atoms with Crippen molar-refractivity contribution in [1.82, 2.24) is 0 Å². The van der Waals surface area contributed by atoms with Crippen LogP contribution < -0.4 is 0 Å². The number of allylic oxidation sites excluding steroid dienone is 6. The van der Waals surface area contributed by atoms with Crippen molar-refractivity contribution in [1.29, 1.82) is 0 Å². The van der Waals surface area contributed by atoms with Gasteiger partial charge in [-0.1, -0.05) is 75.5 Å². The summed E-state index contributed by atoms with van der Waals surface area (Å²) in [5.41, 5.74) is 0. The standard InChI is InChI=1S/C19H34O3S/c1-2-3-4-5-6-7-8-9-10-11-12-13-14-15-16-17-18-19-23(20,21)22/h3-4,6-7,9-10H,2,5,8,11-19H2,1H3,(H,20,21,22)/b4-3-,7-6-,10-9-. The Morgan fingerprint density at radius 2 is 1.17 bits per heavy atom. The minimum Gasteiger partial charge on any atom is -0.286 e. The van der Waals surface area contributed by atoms with Crippen molar-refractivity contribution >= 4 is 10.1 Å². The Morgan fingerprint density at radius 1 is 0.696 bits per heavy atom. The van der Waals surface area contributed by atoms with Crippen LogP contribution in [0.25, 0.3) is 0 Å². The zero-order valence-corrected chi connectivity index (χ0v) is 15.4. The summed E-state index contributed by atoms with van der Waals surface area (Å²) in [5.74, 6) is -0.0961. The molecule has 0 aromatic rings. The van der Waals surface area contributed by atoms with Gasteiger partial charge in [0.1, 0.15) is 0 Å². The van der Waals surface area contributed by atoms with Crippen LogP contribution in [0.3, 0.4) is 0 Å². The Labute approximate surface area is 143 Å². The molecule has 0 aromatic carbocycles. The van der Waals surface area contributed by atoms with Crippen molar-refractivity contribution in [2.75, 3.05) is 5.75 Å². The molecule has 0 unspecified atom stereocenters. The monoisotopic (exact) mass is 342 g/mol. The van der Waals surface area contributed by atoms with Gasteiger partial charge in [-0.2, -0.15) is 8.42 Å². The van der Waals surface area contributed by atoms with E-state index in [0.717, 1.165) is 44.9 Å². The second kappa shape index (κ2) is 16.0. The van der Waals surface area contributed by atoms with Crippen LogP contribution in [0, 0.1) is 0 Å². The lowest BCUT2D eigenvalue weighted by Crippen LogP contribution is -2.03. The van der Waals surface area contributed by atoms with Gasteiger partial charge in [0, 0.05) is 0 Å². The van der Waals surface area contributed by atoms with E-state index in [4.69, 9.17) is 4.55 Å². The highest BCUT2D eigenvalue weighted by molar-refractivity contribution is 7.85. The molecular weight excluding hydrogens is 308 g/mol. The summed E-state index contributed by atoms with van der Waals surface area (Å²) in [5, 5.41) is 0. The molecule has 1 N–H and O–H groups in total. The lowest BCUT2D eigenvalue weighted by molar-refractivity contribution is 0.478. The Kier molecular flexibility index (Phi) is 15.4. The minimum absolute atomic E-state index is 0.0961. The second-order valence-corrected chi connectivity index (χ2v) is 7.42. The van der Waals surface area contributed by atoms with Crippen molar-refractivity contribution in [2.45, 2.75) is 77.6 Å². The summed E-state index contributed by atoms with van der Waals surface area (Å²) in [6, 6.07) is 0. The topological polar surface area (TPSA) is 54.4 Å². The van der Waals surface area contributed by atoms with Gasteiger partial charge in [-0.15, -0.1) is 0 Å². The number of rotatable bonds is 15. The molecule has 0 aliphatic heterocycles. The summed E-state index contributed by atoms with van der Waals surface area (Å²) in [6.07, 6.45) is 25.0. The van der Waals surface area contributed by atoms with Gasteiger partial charge in [0.2, 0.25) is 0 Å². The third kappa shape index (κ3) is 21.1. The van der Waals surface area contributed by atoms with Crippen molar-refractivity contribution in [3.8, 4) is 0 Å². The highest BCUT2D eigenvalue weighted by Crippen LogP contribution is 2.09. The summed E-state index contributed by atoms with van der Waals surface area (Å²) < 4.78 is 29.7. The Balaban J connectivity index is 3.26. The van der Waals surface area contributed by atoms with Gasteiger partial charge in [0.15, 0.2) is 0 Å². The first-order chi connectivity index (χ1) is 11.1. The van der Waals surface area contributed by atoms with E-state index in [9.17, 15) is 8.42 Å². The fraction of sp³-hybridized carbons (Fsp3) is 0.684. The molecule has 0 aliphatic rings. The lowest BCUT2D eigenvalue weighted by atomic mass is 10.1. The molecule has 0 heterocycles.